The van der Waals surface area contributed by atoms with Crippen LogP contribution in [-0.2, 0) is 37.0 Å². The van der Waals surface area contributed by atoms with Gasteiger partial charge in [-0.05, 0) is 162 Å². The van der Waals surface area contributed by atoms with Gasteiger partial charge in [0.15, 0.2) is 0 Å². The molecule has 0 heterocycles. The first-order valence-electron chi connectivity index (χ1n) is 18.3. The Bertz CT molecular complexity index is 1540. The first-order valence-corrected chi connectivity index (χ1v) is 18.3. The second-order valence-corrected chi connectivity index (χ2v) is 19.2. The largest absolute Gasteiger partial charge is 2.00 e. The molecule has 7 aliphatic carbocycles. The summed E-state index contributed by atoms with van der Waals surface area (Å²) in [6.45, 7) is 24.3. The number of fused-ring (bicyclic) bond motifs is 3. The minimum atomic E-state index is 0. The second-order valence-electron chi connectivity index (χ2n) is 19.2. The summed E-state index contributed by atoms with van der Waals surface area (Å²) in [4.78, 5) is 0. The normalized spacial score (nSPS) is 30.4. The van der Waals surface area contributed by atoms with Crippen LogP contribution in [0.3, 0.4) is 0 Å². The third-order valence-corrected chi connectivity index (χ3v) is 14.0. The molecule has 4 fully saturated rings. The summed E-state index contributed by atoms with van der Waals surface area (Å²) >= 11 is 0. The van der Waals surface area contributed by atoms with E-state index in [-0.39, 0.29) is 67.3 Å². The monoisotopic (exact) mass is 746 g/mol. The fourth-order valence-electron chi connectivity index (χ4n) is 12.7. The van der Waals surface area contributed by atoms with Crippen LogP contribution in [0.5, 0.6) is 0 Å². The Hall–Kier alpha value is -0.617. The van der Waals surface area contributed by atoms with E-state index in [2.05, 4.69) is 99.6 Å². The van der Waals surface area contributed by atoms with Gasteiger partial charge in [-0.1, -0.05) is 96.9 Å². The molecule has 0 aliphatic heterocycles. The van der Waals surface area contributed by atoms with E-state index in [0.29, 0.717) is 17.3 Å². The van der Waals surface area contributed by atoms with Crippen molar-refractivity contribution in [3.05, 3.63) is 80.4 Å². The molecule has 1 unspecified atom stereocenters. The van der Waals surface area contributed by atoms with Crippen molar-refractivity contribution in [1.82, 2.24) is 0 Å². The smallest absolute Gasteiger partial charge is 1.00 e. The minimum Gasteiger partial charge on any atom is -1.00 e. The summed E-state index contributed by atoms with van der Waals surface area (Å²) in [5.74, 6) is 4.08. The Morgan fingerprint density at radius 2 is 1.15 bits per heavy atom. The molecule has 1 atom stereocenters. The predicted octanol–water partition coefficient (Wildman–Crippen LogP) is 6.30. The quantitative estimate of drug-likeness (QED) is 0.346. The fourth-order valence-corrected chi connectivity index (χ4v) is 12.7. The maximum Gasteiger partial charge on any atom is 2.00 e. The van der Waals surface area contributed by atoms with E-state index < -0.39 is 0 Å². The molecular weight excluding hydrogens is 691 g/mol. The Morgan fingerprint density at radius 3 is 1.55 bits per heavy atom. The van der Waals surface area contributed by atoms with Gasteiger partial charge in [0, 0.05) is 11.3 Å². The topological polar surface area (TPSA) is 0 Å². The van der Waals surface area contributed by atoms with Crippen LogP contribution >= 0.6 is 0 Å². The molecular formula is C44H58Cl2Zr. The van der Waals surface area contributed by atoms with Crippen LogP contribution in [0.2, 0.25) is 0 Å². The first-order chi connectivity index (χ1) is 20.6. The summed E-state index contributed by atoms with van der Waals surface area (Å²) in [6.07, 6.45) is 15.9. The molecule has 0 aromatic heterocycles. The molecule has 0 N–H and O–H groups in total. The van der Waals surface area contributed by atoms with Gasteiger partial charge in [-0.2, -0.15) is 0 Å². The van der Waals surface area contributed by atoms with E-state index in [1.54, 1.807) is 16.7 Å². The average Bonchev–Trinajstić information content (AvgIpc) is 3.56. The third kappa shape index (κ3) is 5.52. The maximum absolute atomic E-state index is 2.87. The molecule has 4 saturated carbocycles. The zero-order chi connectivity index (χ0) is 31.1. The summed E-state index contributed by atoms with van der Waals surface area (Å²) < 4.78 is 0. The van der Waals surface area contributed by atoms with E-state index >= 15 is 0 Å². The molecule has 2 aromatic rings. The minimum absolute atomic E-state index is 0. The number of rotatable bonds is 3. The molecule has 2 aromatic carbocycles. The van der Waals surface area contributed by atoms with Gasteiger partial charge < -0.3 is 24.8 Å². The van der Waals surface area contributed by atoms with Gasteiger partial charge in [0.25, 0.3) is 0 Å². The summed E-state index contributed by atoms with van der Waals surface area (Å²) in [6, 6.07) is 10.5. The van der Waals surface area contributed by atoms with Gasteiger partial charge >= 0.3 is 26.2 Å². The summed E-state index contributed by atoms with van der Waals surface area (Å²) in [5, 5.41) is 0. The van der Waals surface area contributed by atoms with Crippen LogP contribution in [0.25, 0.3) is 11.1 Å². The average molecular weight is 749 g/mol. The molecule has 47 heavy (non-hydrogen) atoms. The van der Waals surface area contributed by atoms with Crippen molar-refractivity contribution in [2.45, 2.75) is 144 Å². The van der Waals surface area contributed by atoms with E-state index in [1.165, 1.54) is 91.2 Å². The molecule has 0 saturated heterocycles. The molecule has 252 valence electrons. The van der Waals surface area contributed by atoms with Crippen molar-refractivity contribution >= 4 is 0 Å². The van der Waals surface area contributed by atoms with E-state index in [0.717, 1.165) is 17.8 Å². The van der Waals surface area contributed by atoms with Crippen LogP contribution in [-0.4, -0.2) is 0 Å². The number of benzene rings is 2. The summed E-state index contributed by atoms with van der Waals surface area (Å²) in [5.41, 5.74) is 18.7. The van der Waals surface area contributed by atoms with Gasteiger partial charge in [-0.15, -0.1) is 0 Å². The molecule has 0 spiro atoms. The van der Waals surface area contributed by atoms with Gasteiger partial charge in [0.2, 0.25) is 0 Å². The zero-order valence-electron chi connectivity index (χ0n) is 30.9. The number of hydrogen-bond acceptors (Lipinski definition) is 0. The molecule has 4 bridgehead atoms. The number of aryl methyl sites for hydroxylation is 2. The van der Waals surface area contributed by atoms with Crippen molar-refractivity contribution < 1.29 is 51.0 Å². The van der Waals surface area contributed by atoms with E-state index in [1.807, 2.05) is 11.1 Å². The molecule has 0 nitrogen and oxygen atoms in total. The molecule has 0 radical (unpaired) electrons. The van der Waals surface area contributed by atoms with Crippen LogP contribution < -0.4 is 24.8 Å². The van der Waals surface area contributed by atoms with Crippen molar-refractivity contribution in [2.24, 2.45) is 34.5 Å². The van der Waals surface area contributed by atoms with Crippen LogP contribution in [0.1, 0.15) is 152 Å². The van der Waals surface area contributed by atoms with Crippen molar-refractivity contribution in [3.8, 4) is 11.1 Å². The first kappa shape index (κ1) is 37.6. The molecule has 3 heteroatoms. The van der Waals surface area contributed by atoms with Gasteiger partial charge in [0.1, 0.15) is 0 Å². The molecule has 9 rings (SSSR count). The number of allylic oxidation sites excluding steroid dienone is 4. The number of hydrogen-bond donors (Lipinski definition) is 0. The van der Waals surface area contributed by atoms with Gasteiger partial charge in [0.05, 0.1) is 0 Å². The Morgan fingerprint density at radius 1 is 0.702 bits per heavy atom. The van der Waals surface area contributed by atoms with Crippen molar-refractivity contribution in [2.75, 3.05) is 0 Å². The van der Waals surface area contributed by atoms with Gasteiger partial charge in [-0.3, -0.25) is 0 Å². The van der Waals surface area contributed by atoms with E-state index in [4.69, 9.17) is 0 Å². The van der Waals surface area contributed by atoms with Crippen LogP contribution in [0, 0.1) is 48.3 Å². The molecule has 0 amide bonds. The number of halogens is 2. The second kappa shape index (κ2) is 12.3. The fraction of sp³-hybridized carbons (Fsp3) is 0.636. The van der Waals surface area contributed by atoms with Crippen molar-refractivity contribution in [3.63, 3.8) is 0 Å². The Balaban J connectivity index is 0.00000144. The standard InChI is InChI=1S/C44H58.2ClH.Zr/c1-25(2)44(12-11-31-18-32(19-39(31)44)43-22-28-15-29(23-43)17-30(16-28)24-43)40-35-13-26(3)37(41(5,6)7)20-33(35)34-21-38(42(8,9)10)27(4)14-36(34)40;;;/h13-14,19-21,25,28-30,40H,11-12,15-18,22-24H2,1-10H3;2*1H;/q;;;+2/p-2. The predicted molar refractivity (Wildman–Crippen MR) is 187 cm³/mol. The Labute approximate surface area is 318 Å². The van der Waals surface area contributed by atoms with Crippen LogP contribution in [0.4, 0.5) is 0 Å². The van der Waals surface area contributed by atoms with Gasteiger partial charge in [-0.25, -0.2) is 0 Å². The third-order valence-electron chi connectivity index (χ3n) is 14.0. The van der Waals surface area contributed by atoms with E-state index in [9.17, 15) is 0 Å². The van der Waals surface area contributed by atoms with Crippen molar-refractivity contribution in [1.29, 1.82) is 0 Å². The zero-order valence-corrected chi connectivity index (χ0v) is 34.9. The SMILES string of the molecule is Cc1cc2c(cc1C(C)(C)C)-c1cc(C(C)(C)C)c(C)cc1C2C1(C(C)C)CCC2=C1C=C(C13CC4CC(CC(C4)C1)C3)C2.[Cl-].[Cl-].[Zr+2]. The maximum atomic E-state index is 2.87. The molecule has 7 aliphatic rings. The Kier molecular flexibility index (Phi) is 9.82. The van der Waals surface area contributed by atoms with Crippen LogP contribution in [0.15, 0.2) is 47.1 Å². The summed E-state index contributed by atoms with van der Waals surface area (Å²) in [7, 11) is 0.